The number of carbonyl (C=O) groups excluding carboxylic acids is 3. The normalized spacial score (nSPS) is 15.0. The zero-order valence-corrected chi connectivity index (χ0v) is 28.8. The molecule has 1 saturated heterocycles. The third-order valence-corrected chi connectivity index (χ3v) is 10.6. The number of nitrogens with one attached hydrogen (secondary N) is 1. The van der Waals surface area contributed by atoms with Gasteiger partial charge in [-0.15, -0.1) is 11.3 Å². The van der Waals surface area contributed by atoms with Crippen LogP contribution in [0.4, 0.5) is 10.5 Å². The summed E-state index contributed by atoms with van der Waals surface area (Å²) in [7, 11) is -4.42. The van der Waals surface area contributed by atoms with Gasteiger partial charge in [0, 0.05) is 18.5 Å². The number of hydrogen-bond donors (Lipinski definition) is 1. The summed E-state index contributed by atoms with van der Waals surface area (Å²) in [6, 6.07) is 19.2. The first-order chi connectivity index (χ1) is 22.7. The molecule has 48 heavy (non-hydrogen) atoms. The Hall–Kier alpha value is -4.48. The van der Waals surface area contributed by atoms with Gasteiger partial charge >= 0.3 is 12.1 Å². The molecule has 1 aliphatic rings. The van der Waals surface area contributed by atoms with E-state index in [0.717, 1.165) is 15.4 Å². The third-order valence-electron chi connectivity index (χ3n) is 7.44. The summed E-state index contributed by atoms with van der Waals surface area (Å²) in [5.41, 5.74) is 0.968. The fraction of sp³-hybridized carbons (Fsp3) is 0.294. The SMILES string of the molecule is CC(C)(C)OC(=O)CN([C@H]1CCN(Cc2csc(C#N)c2)C1=O)S(=O)(=O)c1ccc2c(Cl)c(NC(=O)OCc3ccccc3)ccc2c1. The highest BCUT2D eigenvalue weighted by atomic mass is 35.5. The molecule has 1 atom stereocenters. The predicted octanol–water partition coefficient (Wildman–Crippen LogP) is 6.31. The van der Waals surface area contributed by atoms with Crippen molar-refractivity contribution in [3.63, 3.8) is 0 Å². The Morgan fingerprint density at radius 3 is 2.54 bits per heavy atom. The van der Waals surface area contributed by atoms with Crippen molar-refractivity contribution in [2.45, 2.75) is 56.9 Å². The molecule has 0 spiro atoms. The number of nitrogens with zero attached hydrogens (tertiary/aromatic N) is 3. The van der Waals surface area contributed by atoms with E-state index in [1.54, 1.807) is 38.3 Å². The Morgan fingerprint density at radius 2 is 1.85 bits per heavy atom. The van der Waals surface area contributed by atoms with E-state index in [1.807, 2.05) is 30.3 Å². The number of carbonyl (C=O) groups is 3. The molecule has 1 aliphatic heterocycles. The van der Waals surface area contributed by atoms with E-state index in [4.69, 9.17) is 26.3 Å². The number of likely N-dealkylation sites (tertiary alicyclic amines) is 1. The van der Waals surface area contributed by atoms with Gasteiger partial charge in [-0.1, -0.05) is 54.1 Å². The average molecular weight is 709 g/mol. The van der Waals surface area contributed by atoms with Crippen molar-refractivity contribution in [2.24, 2.45) is 0 Å². The number of ether oxygens (including phenoxy) is 2. The molecule has 4 aromatic rings. The van der Waals surface area contributed by atoms with E-state index in [-0.39, 0.29) is 41.7 Å². The molecule has 0 aliphatic carbocycles. The van der Waals surface area contributed by atoms with Gasteiger partial charge in [0.2, 0.25) is 15.9 Å². The molecule has 2 heterocycles. The molecule has 11 nitrogen and oxygen atoms in total. The number of fused-ring (bicyclic) bond motifs is 1. The quantitative estimate of drug-likeness (QED) is 0.189. The van der Waals surface area contributed by atoms with Gasteiger partial charge in [0.05, 0.1) is 15.6 Å². The number of nitriles is 1. The number of anilines is 1. The molecule has 0 bridgehead atoms. The zero-order valence-electron chi connectivity index (χ0n) is 26.4. The van der Waals surface area contributed by atoms with Crippen LogP contribution < -0.4 is 5.32 Å². The van der Waals surface area contributed by atoms with Gasteiger partial charge in [-0.2, -0.15) is 9.57 Å². The highest BCUT2D eigenvalue weighted by Crippen LogP contribution is 2.34. The number of amides is 2. The van der Waals surface area contributed by atoms with Crippen LogP contribution in [-0.2, 0) is 42.2 Å². The van der Waals surface area contributed by atoms with Crippen molar-refractivity contribution in [1.29, 1.82) is 5.26 Å². The lowest BCUT2D eigenvalue weighted by atomic mass is 10.1. The topological polar surface area (TPSA) is 146 Å². The summed E-state index contributed by atoms with van der Waals surface area (Å²) in [6.45, 7) is 4.87. The molecule has 1 fully saturated rings. The minimum Gasteiger partial charge on any atom is -0.459 e. The Morgan fingerprint density at radius 1 is 1.10 bits per heavy atom. The Bertz CT molecular complexity index is 2000. The van der Waals surface area contributed by atoms with Crippen LogP contribution in [-0.4, -0.2) is 60.3 Å². The van der Waals surface area contributed by atoms with E-state index >= 15 is 0 Å². The van der Waals surface area contributed by atoms with Crippen molar-refractivity contribution >= 4 is 67.4 Å². The lowest BCUT2D eigenvalue weighted by Crippen LogP contribution is -2.48. The molecule has 0 saturated carbocycles. The molecule has 0 radical (unpaired) electrons. The van der Waals surface area contributed by atoms with E-state index < -0.39 is 46.2 Å². The molecule has 0 unspecified atom stereocenters. The Balaban J connectivity index is 1.39. The van der Waals surface area contributed by atoms with E-state index in [9.17, 15) is 22.8 Å². The molecule has 5 rings (SSSR count). The summed E-state index contributed by atoms with van der Waals surface area (Å²) in [6.07, 6.45) is -0.554. The summed E-state index contributed by atoms with van der Waals surface area (Å²) < 4.78 is 40.0. The van der Waals surface area contributed by atoms with Crippen LogP contribution in [0.1, 0.15) is 43.2 Å². The standard InChI is InChI=1S/C34H33ClN4O7S2/c1-34(2,3)46-30(40)19-39(29-13-14-38(32(29)41)18-23-15-25(17-36)47-21-23)48(43,44)26-10-11-27-24(16-26)9-12-28(31(27)35)37-33(42)45-20-22-7-5-4-6-8-22/h4-12,15-16,21,29H,13-14,18-20H2,1-3H3,(H,37,42)/t29-/m0/s1. The molecule has 14 heteroatoms. The molecule has 3 aromatic carbocycles. The second kappa shape index (κ2) is 14.3. The summed E-state index contributed by atoms with van der Waals surface area (Å²) in [5, 5.41) is 14.6. The number of hydrogen-bond acceptors (Lipinski definition) is 9. The van der Waals surface area contributed by atoms with Crippen LogP contribution in [0.3, 0.4) is 0 Å². The van der Waals surface area contributed by atoms with Gasteiger partial charge in [-0.05, 0) is 73.4 Å². The van der Waals surface area contributed by atoms with Crippen molar-refractivity contribution < 1.29 is 32.3 Å². The monoisotopic (exact) mass is 708 g/mol. The second-order valence-electron chi connectivity index (χ2n) is 12.1. The van der Waals surface area contributed by atoms with Crippen molar-refractivity contribution in [3.05, 3.63) is 93.1 Å². The molecular formula is C34H33ClN4O7S2. The minimum atomic E-state index is -4.42. The molecule has 1 aromatic heterocycles. The van der Waals surface area contributed by atoms with Gasteiger partial charge in [0.25, 0.3) is 0 Å². The highest BCUT2D eigenvalue weighted by molar-refractivity contribution is 7.89. The first-order valence-electron chi connectivity index (χ1n) is 14.9. The van der Waals surface area contributed by atoms with Gasteiger partial charge in [0.15, 0.2) is 0 Å². The van der Waals surface area contributed by atoms with Gasteiger partial charge in [-0.25, -0.2) is 13.2 Å². The maximum Gasteiger partial charge on any atom is 0.412 e. The second-order valence-corrected chi connectivity index (χ2v) is 15.3. The lowest BCUT2D eigenvalue weighted by Gasteiger charge is -2.28. The third kappa shape index (κ3) is 8.14. The minimum absolute atomic E-state index is 0.0657. The number of benzene rings is 3. The first kappa shape index (κ1) is 34.8. The summed E-state index contributed by atoms with van der Waals surface area (Å²) in [5.74, 6) is -1.25. The van der Waals surface area contributed by atoms with E-state index in [0.29, 0.717) is 15.6 Å². The predicted molar refractivity (Wildman–Crippen MR) is 182 cm³/mol. The molecular weight excluding hydrogens is 676 g/mol. The van der Waals surface area contributed by atoms with E-state index in [2.05, 4.69) is 11.4 Å². The zero-order chi connectivity index (χ0) is 34.6. The molecule has 1 N–H and O–H groups in total. The number of rotatable bonds is 10. The molecule has 2 amide bonds. The smallest absolute Gasteiger partial charge is 0.412 e. The van der Waals surface area contributed by atoms with Gasteiger partial charge in [-0.3, -0.25) is 14.9 Å². The van der Waals surface area contributed by atoms with Crippen molar-refractivity contribution in [1.82, 2.24) is 9.21 Å². The van der Waals surface area contributed by atoms with Crippen LogP contribution in [0.25, 0.3) is 10.8 Å². The van der Waals surface area contributed by atoms with Crippen molar-refractivity contribution in [3.8, 4) is 6.07 Å². The largest absolute Gasteiger partial charge is 0.459 e. The maximum atomic E-state index is 14.2. The fourth-order valence-corrected chi connectivity index (χ4v) is 7.85. The first-order valence-corrected chi connectivity index (χ1v) is 17.6. The fourth-order valence-electron chi connectivity index (χ4n) is 5.28. The Kier molecular flexibility index (Phi) is 10.4. The maximum absolute atomic E-state index is 14.2. The number of thiophene rings is 1. The summed E-state index contributed by atoms with van der Waals surface area (Å²) >= 11 is 7.88. The van der Waals surface area contributed by atoms with Crippen molar-refractivity contribution in [2.75, 3.05) is 18.4 Å². The van der Waals surface area contributed by atoms with Crippen LogP contribution in [0, 0.1) is 11.3 Å². The van der Waals surface area contributed by atoms with Crippen LogP contribution >= 0.6 is 22.9 Å². The average Bonchev–Trinajstić information content (AvgIpc) is 3.65. The van der Waals surface area contributed by atoms with E-state index in [1.165, 1.54) is 40.5 Å². The summed E-state index contributed by atoms with van der Waals surface area (Å²) in [4.78, 5) is 40.9. The highest BCUT2D eigenvalue weighted by Gasteiger charge is 2.43. The molecule has 250 valence electrons. The van der Waals surface area contributed by atoms with Crippen LogP contribution in [0.5, 0.6) is 0 Å². The van der Waals surface area contributed by atoms with Crippen LogP contribution in [0.2, 0.25) is 5.02 Å². The number of halogens is 1. The Labute approximate surface area is 287 Å². The number of sulfonamides is 1. The van der Waals surface area contributed by atoms with Gasteiger partial charge in [0.1, 0.15) is 35.7 Å². The van der Waals surface area contributed by atoms with Gasteiger partial charge < -0.3 is 14.4 Å². The number of esters is 1. The van der Waals surface area contributed by atoms with Crippen LogP contribution in [0.15, 0.2) is 77.0 Å². The lowest BCUT2D eigenvalue weighted by molar-refractivity contribution is -0.155.